The van der Waals surface area contributed by atoms with Crippen molar-refractivity contribution in [2.24, 2.45) is 4.99 Å². The molecule has 3 aromatic heterocycles. The van der Waals surface area contributed by atoms with Crippen LogP contribution in [-0.2, 0) is 0 Å². The predicted molar refractivity (Wildman–Crippen MR) is 125 cm³/mol. The quantitative estimate of drug-likeness (QED) is 0.267. The first-order valence-corrected chi connectivity index (χ1v) is 11.5. The number of nitrogens with zero attached hydrogens (tertiary/aromatic N) is 2. The molecule has 0 radical (unpaired) electrons. The van der Waals surface area contributed by atoms with E-state index in [-0.39, 0.29) is 0 Å². The van der Waals surface area contributed by atoms with Crippen molar-refractivity contribution >= 4 is 54.7 Å². The van der Waals surface area contributed by atoms with E-state index in [1.807, 2.05) is 53.9 Å². The lowest BCUT2D eigenvalue weighted by Crippen LogP contribution is -2.02. The van der Waals surface area contributed by atoms with E-state index in [1.165, 1.54) is 0 Å². The molecule has 0 aliphatic rings. The fraction of sp³-hybridized carbons (Fsp3) is 0.0435. The Balaban J connectivity index is 1.67. The first kappa shape index (κ1) is 18.5. The lowest BCUT2D eigenvalue weighted by molar-refractivity contribution is 0.620. The maximum Gasteiger partial charge on any atom is 0.210 e. The summed E-state index contributed by atoms with van der Waals surface area (Å²) >= 11 is 6.74. The molecule has 0 aliphatic carbocycles. The summed E-state index contributed by atoms with van der Waals surface area (Å²) in [6.45, 7) is 2.09. The van der Waals surface area contributed by atoms with Gasteiger partial charge in [0.25, 0.3) is 0 Å². The first-order valence-electron chi connectivity index (χ1n) is 9.02. The lowest BCUT2D eigenvalue weighted by Gasteiger charge is -2.02. The summed E-state index contributed by atoms with van der Waals surface area (Å²) in [6.07, 6.45) is 0. The van der Waals surface area contributed by atoms with Gasteiger partial charge in [-0.3, -0.25) is 0 Å². The molecule has 6 heteroatoms. The fourth-order valence-electron chi connectivity index (χ4n) is 3.16. The van der Waals surface area contributed by atoms with E-state index in [0.717, 1.165) is 52.7 Å². The molecular formula is C23H15BrN2OS2. The number of thiophene rings is 1. The molecule has 0 saturated heterocycles. The monoisotopic (exact) mass is 478 g/mol. The zero-order valence-electron chi connectivity index (χ0n) is 15.4. The summed E-state index contributed by atoms with van der Waals surface area (Å²) in [5, 5.41) is 4.64. The second-order valence-corrected chi connectivity index (χ2v) is 9.53. The van der Waals surface area contributed by atoms with Crippen molar-refractivity contribution in [3.05, 3.63) is 86.8 Å². The number of hydrogen-bond acceptors (Lipinski definition) is 5. The SMILES string of the molecule is Cc1sc(/N=c2\cc(-c3cccs3)oc3ccccc23)nc1-c1ccc(Br)cc1. The van der Waals surface area contributed by atoms with Gasteiger partial charge >= 0.3 is 0 Å². The minimum Gasteiger partial charge on any atom is -0.455 e. The maximum atomic E-state index is 6.12. The predicted octanol–water partition coefficient (Wildman–Crippen LogP) is 7.59. The highest BCUT2D eigenvalue weighted by Gasteiger charge is 2.11. The van der Waals surface area contributed by atoms with Crippen LogP contribution in [0.25, 0.3) is 32.9 Å². The van der Waals surface area contributed by atoms with Crippen molar-refractivity contribution in [3.8, 4) is 21.9 Å². The summed E-state index contributed by atoms with van der Waals surface area (Å²) in [4.78, 5) is 11.9. The molecule has 0 N–H and O–H groups in total. The highest BCUT2D eigenvalue weighted by atomic mass is 79.9. The van der Waals surface area contributed by atoms with Gasteiger partial charge in [-0.2, -0.15) is 0 Å². The van der Waals surface area contributed by atoms with Gasteiger partial charge in [-0.15, -0.1) is 11.3 Å². The molecule has 2 aromatic carbocycles. The van der Waals surface area contributed by atoms with Crippen LogP contribution in [0.15, 0.2) is 86.0 Å². The van der Waals surface area contributed by atoms with Gasteiger partial charge < -0.3 is 4.42 Å². The third-order valence-corrected chi connectivity index (χ3v) is 6.81. The molecule has 3 nitrogen and oxygen atoms in total. The van der Waals surface area contributed by atoms with E-state index in [1.54, 1.807) is 22.7 Å². The number of fused-ring (bicyclic) bond motifs is 1. The Labute approximate surface area is 184 Å². The average molecular weight is 479 g/mol. The normalized spacial score (nSPS) is 12.0. The molecule has 0 amide bonds. The minimum atomic E-state index is 0.744. The summed E-state index contributed by atoms with van der Waals surface area (Å²) in [6, 6.07) is 22.3. The van der Waals surface area contributed by atoms with Crippen LogP contribution in [0.2, 0.25) is 0 Å². The second kappa shape index (κ2) is 7.71. The summed E-state index contributed by atoms with van der Waals surface area (Å²) in [5.74, 6) is 0.818. The van der Waals surface area contributed by atoms with Crippen LogP contribution < -0.4 is 5.36 Å². The Hall–Kier alpha value is -2.54. The van der Waals surface area contributed by atoms with Gasteiger partial charge in [0.1, 0.15) is 11.3 Å². The highest BCUT2D eigenvalue weighted by Crippen LogP contribution is 2.33. The Morgan fingerprint density at radius 1 is 1.00 bits per heavy atom. The molecule has 0 bridgehead atoms. The molecule has 142 valence electrons. The van der Waals surface area contributed by atoms with Gasteiger partial charge in [0.15, 0.2) is 0 Å². The smallest absolute Gasteiger partial charge is 0.210 e. The van der Waals surface area contributed by atoms with E-state index in [9.17, 15) is 0 Å². The number of rotatable bonds is 3. The largest absolute Gasteiger partial charge is 0.455 e. The molecule has 0 atom stereocenters. The number of halogens is 1. The molecule has 5 aromatic rings. The fourth-order valence-corrected chi connectivity index (χ4v) is 4.92. The topological polar surface area (TPSA) is 38.4 Å². The molecular weight excluding hydrogens is 464 g/mol. The number of benzene rings is 2. The van der Waals surface area contributed by atoms with Crippen LogP contribution in [0, 0.1) is 6.92 Å². The summed E-state index contributed by atoms with van der Waals surface area (Å²) in [7, 11) is 0. The first-order chi connectivity index (χ1) is 14.2. The van der Waals surface area contributed by atoms with Crippen LogP contribution >= 0.6 is 38.6 Å². The van der Waals surface area contributed by atoms with Gasteiger partial charge in [-0.25, -0.2) is 9.98 Å². The molecule has 0 unspecified atom stereocenters. The second-order valence-electron chi connectivity index (χ2n) is 6.49. The van der Waals surface area contributed by atoms with Gasteiger partial charge in [0, 0.05) is 26.4 Å². The average Bonchev–Trinajstić information content (AvgIpc) is 3.39. The Morgan fingerprint density at radius 2 is 1.83 bits per heavy atom. The number of aryl methyl sites for hydroxylation is 1. The van der Waals surface area contributed by atoms with Crippen LogP contribution in [0.5, 0.6) is 0 Å². The van der Waals surface area contributed by atoms with Gasteiger partial charge in [0.2, 0.25) is 5.13 Å². The zero-order chi connectivity index (χ0) is 19.8. The van der Waals surface area contributed by atoms with Crippen molar-refractivity contribution in [1.29, 1.82) is 0 Å². The zero-order valence-corrected chi connectivity index (χ0v) is 18.6. The van der Waals surface area contributed by atoms with Crippen molar-refractivity contribution in [3.63, 3.8) is 0 Å². The lowest BCUT2D eigenvalue weighted by atomic mass is 10.1. The molecule has 0 spiro atoms. The molecule has 0 aliphatic heterocycles. The summed E-state index contributed by atoms with van der Waals surface area (Å²) < 4.78 is 7.18. The van der Waals surface area contributed by atoms with E-state index in [2.05, 4.69) is 41.1 Å². The molecule has 3 heterocycles. The molecule has 0 saturated carbocycles. The maximum absolute atomic E-state index is 6.12. The number of para-hydroxylation sites is 1. The molecule has 0 fully saturated rings. The van der Waals surface area contributed by atoms with E-state index < -0.39 is 0 Å². The van der Waals surface area contributed by atoms with E-state index in [4.69, 9.17) is 14.4 Å². The Kier molecular flexibility index (Phi) is 4.91. The summed E-state index contributed by atoms with van der Waals surface area (Å²) in [5.41, 5.74) is 2.89. The third kappa shape index (κ3) is 3.71. The number of hydrogen-bond donors (Lipinski definition) is 0. The highest BCUT2D eigenvalue weighted by molar-refractivity contribution is 9.10. The van der Waals surface area contributed by atoms with Crippen LogP contribution in [-0.4, -0.2) is 4.98 Å². The Bertz CT molecular complexity index is 1370. The van der Waals surface area contributed by atoms with Crippen LogP contribution in [0.4, 0.5) is 5.13 Å². The van der Waals surface area contributed by atoms with Crippen molar-refractivity contribution in [2.45, 2.75) is 6.92 Å². The minimum absolute atomic E-state index is 0.744. The van der Waals surface area contributed by atoms with E-state index in [0.29, 0.717) is 0 Å². The Morgan fingerprint density at radius 3 is 2.62 bits per heavy atom. The standard InChI is InChI=1S/C23H15BrN2OS2/c1-14-22(15-8-10-16(24)11-9-15)26-23(29-14)25-18-13-20(21-7-4-12-28-21)27-19-6-3-2-5-17(18)19/h2-13H,1H3/b25-18+. The van der Waals surface area contributed by atoms with Crippen molar-refractivity contribution < 1.29 is 4.42 Å². The van der Waals surface area contributed by atoms with E-state index >= 15 is 0 Å². The van der Waals surface area contributed by atoms with Gasteiger partial charge in [-0.1, -0.05) is 57.6 Å². The molecule has 5 rings (SSSR count). The third-order valence-electron chi connectivity index (χ3n) is 4.53. The van der Waals surface area contributed by atoms with Crippen molar-refractivity contribution in [2.75, 3.05) is 0 Å². The van der Waals surface area contributed by atoms with Crippen LogP contribution in [0.3, 0.4) is 0 Å². The van der Waals surface area contributed by atoms with Gasteiger partial charge in [0.05, 0.1) is 15.9 Å². The van der Waals surface area contributed by atoms with Gasteiger partial charge in [-0.05, 0) is 42.6 Å². The van der Waals surface area contributed by atoms with Crippen molar-refractivity contribution in [1.82, 2.24) is 4.98 Å². The van der Waals surface area contributed by atoms with Crippen LogP contribution in [0.1, 0.15) is 4.88 Å². The molecule has 29 heavy (non-hydrogen) atoms. The number of thiazole rings is 1. The number of aromatic nitrogens is 1.